The third-order valence-corrected chi connectivity index (χ3v) is 4.59. The molecule has 0 fully saturated rings. The first-order valence-corrected chi connectivity index (χ1v) is 9.32. The second kappa shape index (κ2) is 8.66. The largest absolute Gasteiger partial charge is 0.472 e. The van der Waals surface area contributed by atoms with Gasteiger partial charge in [0.05, 0.1) is 11.4 Å². The van der Waals surface area contributed by atoms with Crippen molar-refractivity contribution in [2.75, 3.05) is 18.0 Å². The van der Waals surface area contributed by atoms with Gasteiger partial charge in [-0.05, 0) is 18.2 Å². The Bertz CT molecular complexity index is 1030. The van der Waals surface area contributed by atoms with E-state index < -0.39 is 30.4 Å². The third kappa shape index (κ3) is 4.85. The van der Waals surface area contributed by atoms with Crippen LogP contribution in [0.1, 0.15) is 11.1 Å². The first-order valence-electron chi connectivity index (χ1n) is 8.53. The summed E-state index contributed by atoms with van der Waals surface area (Å²) in [6.45, 7) is -0.873. The zero-order valence-electron chi connectivity index (χ0n) is 15.2. The van der Waals surface area contributed by atoms with Gasteiger partial charge < -0.3 is 4.90 Å². The Kier molecular flexibility index (Phi) is 6.20. The van der Waals surface area contributed by atoms with E-state index in [4.69, 9.17) is 0 Å². The lowest BCUT2D eigenvalue weighted by molar-refractivity contribution is -0.175. The molecule has 2 aromatic carbocycles. The number of anilines is 1. The number of aliphatic imine (C=N–C) groups is 1. The summed E-state index contributed by atoms with van der Waals surface area (Å²) in [5.41, 5.74) is 5.15. The zero-order valence-corrected chi connectivity index (χ0v) is 16.8. The lowest BCUT2D eigenvalue weighted by atomic mass is 10.0. The second-order valence-corrected chi connectivity index (χ2v) is 7.09. The van der Waals surface area contributed by atoms with Crippen LogP contribution in [0.25, 0.3) is 0 Å². The lowest BCUT2D eigenvalue weighted by Crippen LogP contribution is -2.51. The maximum Gasteiger partial charge on any atom is 0.472 e. The topological polar surface area (TPSA) is 90.9 Å². The van der Waals surface area contributed by atoms with Crippen LogP contribution in [-0.2, 0) is 14.4 Å². The summed E-state index contributed by atoms with van der Waals surface area (Å²) in [7, 11) is 0. The van der Waals surface area contributed by atoms with Gasteiger partial charge in [-0.25, -0.2) is 0 Å². The van der Waals surface area contributed by atoms with Crippen molar-refractivity contribution in [1.29, 1.82) is 0 Å². The smallest absolute Gasteiger partial charge is 0.301 e. The van der Waals surface area contributed by atoms with Gasteiger partial charge in [0.25, 0.3) is 5.91 Å². The van der Waals surface area contributed by atoms with Crippen LogP contribution in [0.3, 0.4) is 0 Å². The van der Waals surface area contributed by atoms with Gasteiger partial charge in [0.1, 0.15) is 13.1 Å². The molecule has 3 rings (SSSR count). The third-order valence-electron chi connectivity index (χ3n) is 4.10. The molecule has 0 aromatic heterocycles. The summed E-state index contributed by atoms with van der Waals surface area (Å²) in [5.74, 6) is -3.85. The van der Waals surface area contributed by atoms with Crippen LogP contribution in [0.5, 0.6) is 0 Å². The molecule has 0 unspecified atom stereocenters. The second-order valence-electron chi connectivity index (χ2n) is 6.17. The van der Waals surface area contributed by atoms with Crippen molar-refractivity contribution in [3.05, 3.63) is 64.1 Å². The fourth-order valence-corrected chi connectivity index (χ4v) is 3.14. The number of halogens is 4. The van der Waals surface area contributed by atoms with Crippen LogP contribution in [0.4, 0.5) is 18.9 Å². The molecular formula is C19H14BrF3N4O3. The molecule has 0 saturated carbocycles. The van der Waals surface area contributed by atoms with Gasteiger partial charge in [0.15, 0.2) is 0 Å². The van der Waals surface area contributed by atoms with E-state index in [2.05, 4.69) is 20.9 Å². The van der Waals surface area contributed by atoms with Crippen molar-refractivity contribution in [2.24, 2.45) is 4.99 Å². The number of hydrazine groups is 1. The molecule has 0 aliphatic carbocycles. The van der Waals surface area contributed by atoms with Gasteiger partial charge in [-0.1, -0.05) is 46.3 Å². The number of benzene rings is 2. The molecule has 2 aromatic rings. The monoisotopic (exact) mass is 482 g/mol. The van der Waals surface area contributed by atoms with Gasteiger partial charge in [-0.15, -0.1) is 0 Å². The Morgan fingerprint density at radius 1 is 1.10 bits per heavy atom. The summed E-state index contributed by atoms with van der Waals surface area (Å²) in [4.78, 5) is 41.1. The van der Waals surface area contributed by atoms with E-state index in [-0.39, 0.29) is 6.54 Å². The summed E-state index contributed by atoms with van der Waals surface area (Å²) in [5, 5.41) is 0. The Morgan fingerprint density at radius 3 is 2.47 bits per heavy atom. The molecule has 0 atom stereocenters. The van der Waals surface area contributed by atoms with Gasteiger partial charge in [-0.3, -0.25) is 30.2 Å². The number of amides is 3. The molecular weight excluding hydrogens is 469 g/mol. The van der Waals surface area contributed by atoms with Gasteiger partial charge >= 0.3 is 12.1 Å². The number of nitrogens with zero attached hydrogens (tertiary/aromatic N) is 2. The molecule has 0 spiro atoms. The van der Waals surface area contributed by atoms with E-state index in [0.29, 0.717) is 21.4 Å². The van der Waals surface area contributed by atoms with E-state index in [1.807, 2.05) is 30.3 Å². The number of hydrogen-bond acceptors (Lipinski definition) is 4. The molecule has 11 heteroatoms. The molecule has 30 heavy (non-hydrogen) atoms. The normalized spacial score (nSPS) is 13.8. The summed E-state index contributed by atoms with van der Waals surface area (Å²) in [6, 6.07) is 14.1. The number of fused-ring (bicyclic) bond motifs is 1. The van der Waals surface area contributed by atoms with Crippen LogP contribution in [0, 0.1) is 0 Å². The molecule has 156 valence electrons. The minimum absolute atomic E-state index is 0.265. The van der Waals surface area contributed by atoms with Crippen LogP contribution < -0.4 is 15.8 Å². The highest BCUT2D eigenvalue weighted by Crippen LogP contribution is 2.29. The Balaban J connectivity index is 1.88. The van der Waals surface area contributed by atoms with Crippen molar-refractivity contribution in [2.45, 2.75) is 6.18 Å². The number of hydrogen-bond donors (Lipinski definition) is 2. The minimum atomic E-state index is -5.15. The fourth-order valence-electron chi connectivity index (χ4n) is 2.78. The van der Waals surface area contributed by atoms with Gasteiger partial charge in [-0.2, -0.15) is 13.2 Å². The predicted octanol–water partition coefficient (Wildman–Crippen LogP) is 2.34. The zero-order chi connectivity index (χ0) is 21.9. The number of nitrogens with one attached hydrogen (secondary N) is 2. The Morgan fingerprint density at radius 2 is 1.80 bits per heavy atom. The maximum atomic E-state index is 12.6. The predicted molar refractivity (Wildman–Crippen MR) is 106 cm³/mol. The fraction of sp³-hybridized carbons (Fsp3) is 0.158. The van der Waals surface area contributed by atoms with Gasteiger partial charge in [0, 0.05) is 15.6 Å². The standard InChI is InChI=1S/C19H14BrF3N4O3/c20-12-6-7-14-13(8-12)17(11-4-2-1-3-5-11)24-9-16(29)27(14)10-15(28)25-26-18(30)19(21,22)23/h1-8H,9-10H2,(H,25,28)(H,26,30). The van der Waals surface area contributed by atoms with E-state index in [1.165, 1.54) is 5.43 Å². The molecule has 1 heterocycles. The quantitative estimate of drug-likeness (QED) is 0.657. The average Bonchev–Trinajstić information content (AvgIpc) is 2.83. The molecule has 1 aliphatic rings. The van der Waals surface area contributed by atoms with Crippen molar-refractivity contribution < 1.29 is 27.6 Å². The molecule has 1 aliphatic heterocycles. The number of carbonyl (C=O) groups excluding carboxylic acids is 3. The van der Waals surface area contributed by atoms with Gasteiger partial charge in [0.2, 0.25) is 5.91 Å². The summed E-state index contributed by atoms with van der Waals surface area (Å²) in [6.07, 6.45) is -5.15. The van der Waals surface area contributed by atoms with E-state index in [9.17, 15) is 27.6 Å². The minimum Gasteiger partial charge on any atom is -0.301 e. The number of alkyl halides is 3. The van der Waals surface area contributed by atoms with Crippen LogP contribution in [-0.4, -0.2) is 42.7 Å². The number of rotatable bonds is 3. The molecule has 0 bridgehead atoms. The first-order chi connectivity index (χ1) is 14.2. The van der Waals surface area contributed by atoms with Crippen molar-refractivity contribution >= 4 is 45.1 Å². The Hall–Kier alpha value is -3.21. The van der Waals surface area contributed by atoms with E-state index in [0.717, 1.165) is 10.5 Å². The highest BCUT2D eigenvalue weighted by atomic mass is 79.9. The lowest BCUT2D eigenvalue weighted by Gasteiger charge is -2.23. The molecule has 3 amide bonds. The van der Waals surface area contributed by atoms with E-state index >= 15 is 0 Å². The first kappa shape index (κ1) is 21.5. The van der Waals surface area contributed by atoms with Crippen LogP contribution in [0.15, 0.2) is 58.0 Å². The molecule has 7 nitrogen and oxygen atoms in total. The van der Waals surface area contributed by atoms with Crippen molar-refractivity contribution in [3.8, 4) is 0 Å². The van der Waals surface area contributed by atoms with E-state index in [1.54, 1.807) is 23.6 Å². The molecule has 2 N–H and O–H groups in total. The average molecular weight is 483 g/mol. The van der Waals surface area contributed by atoms with Crippen molar-refractivity contribution in [1.82, 2.24) is 10.9 Å². The number of benzodiazepines with no additional fused rings is 1. The maximum absolute atomic E-state index is 12.6. The summed E-state index contributed by atoms with van der Waals surface area (Å²) < 4.78 is 37.5. The van der Waals surface area contributed by atoms with Crippen molar-refractivity contribution in [3.63, 3.8) is 0 Å². The molecule has 0 radical (unpaired) electrons. The summed E-state index contributed by atoms with van der Waals surface area (Å²) >= 11 is 3.37. The SMILES string of the molecule is O=C(CN1C(=O)CN=C(c2ccccc2)c2cc(Br)ccc21)NNC(=O)C(F)(F)F. The highest BCUT2D eigenvalue weighted by Gasteiger charge is 2.39. The highest BCUT2D eigenvalue weighted by molar-refractivity contribution is 9.10. The molecule has 0 saturated heterocycles. The van der Waals surface area contributed by atoms with Crippen LogP contribution >= 0.6 is 15.9 Å². The van der Waals surface area contributed by atoms with Crippen LogP contribution in [0.2, 0.25) is 0 Å². The Labute approximate surface area is 177 Å². The number of carbonyl (C=O) groups is 3.